The lowest BCUT2D eigenvalue weighted by molar-refractivity contribution is -0.206. The van der Waals surface area contributed by atoms with Crippen molar-refractivity contribution in [1.82, 2.24) is 24.5 Å². The lowest BCUT2D eigenvalue weighted by Crippen LogP contribution is -2.65. The van der Waals surface area contributed by atoms with Gasteiger partial charge in [-0.05, 0) is 142 Å². The standard InChI is InChI=1S/C51H77N5O9/c1-45(2)21-23-51(24-22-49(8)33(34(51)28-45)14-15-37-48(7)19-17-38(57)46(3,4)36(48)16-20-50(37,49)9)43(59)62-27-13-11-10-12-25-55-29-32(53-54-55)30-61-31-35-40-41(65-47(5,6)64-40)42(63-35)56-26-18-39(58)52-44(56)60/h14,18,26,29,34-38,40-42,57H,10-13,15-17,19-25,27-28,30-31H2,1-9H3,(H,52,58,60)/t34-,35+,36?,37?,38-,40?,41?,42+,48-,49+,50+,51-/m0/s1. The third kappa shape index (κ3) is 8.04. The predicted molar refractivity (Wildman–Crippen MR) is 243 cm³/mol. The summed E-state index contributed by atoms with van der Waals surface area (Å²) >= 11 is 0. The number of fused-ring (bicyclic) bond motifs is 8. The number of ether oxygens (including phenoxy) is 5. The van der Waals surface area contributed by atoms with Gasteiger partial charge < -0.3 is 28.8 Å². The summed E-state index contributed by atoms with van der Waals surface area (Å²) < 4.78 is 33.9. The van der Waals surface area contributed by atoms with Crippen molar-refractivity contribution in [3.05, 3.63) is 56.6 Å². The summed E-state index contributed by atoms with van der Waals surface area (Å²) in [7, 11) is 0. The molecule has 9 rings (SSSR count). The molecule has 4 saturated carbocycles. The largest absolute Gasteiger partial charge is 0.465 e. The second-order valence-electron chi connectivity index (χ2n) is 23.9. The van der Waals surface area contributed by atoms with Crippen molar-refractivity contribution in [2.75, 3.05) is 13.2 Å². The first-order valence-electron chi connectivity index (χ1n) is 25.0. The smallest absolute Gasteiger partial charge is 0.330 e. The van der Waals surface area contributed by atoms with Gasteiger partial charge in [0.1, 0.15) is 24.0 Å². The number of hydrogen-bond acceptors (Lipinski definition) is 11. The van der Waals surface area contributed by atoms with Crippen molar-refractivity contribution < 1.29 is 33.6 Å². The molecule has 14 heteroatoms. The Hall–Kier alpha value is -3.17. The molecule has 4 unspecified atom stereocenters. The van der Waals surface area contributed by atoms with Crippen LogP contribution < -0.4 is 11.2 Å². The van der Waals surface area contributed by atoms with Crippen molar-refractivity contribution >= 4 is 5.97 Å². The van der Waals surface area contributed by atoms with Gasteiger partial charge in [-0.25, -0.2) is 4.79 Å². The molecule has 6 fully saturated rings. The zero-order valence-corrected chi connectivity index (χ0v) is 40.7. The molecule has 4 heterocycles. The zero-order chi connectivity index (χ0) is 46.4. The number of carbonyl (C=O) groups excluding carboxylic acids is 1. The fourth-order valence-corrected chi connectivity index (χ4v) is 15.1. The zero-order valence-electron chi connectivity index (χ0n) is 40.7. The number of hydrogen-bond donors (Lipinski definition) is 2. The van der Waals surface area contributed by atoms with Crippen LogP contribution in [0.2, 0.25) is 0 Å². The Morgan fingerprint density at radius 1 is 0.908 bits per heavy atom. The number of rotatable bonds is 13. The molecule has 0 aromatic carbocycles. The van der Waals surface area contributed by atoms with Gasteiger partial charge in [-0.1, -0.05) is 71.7 Å². The van der Waals surface area contributed by atoms with Gasteiger partial charge in [0.15, 0.2) is 12.0 Å². The Kier molecular flexibility index (Phi) is 12.1. The number of nitrogens with one attached hydrogen (secondary N) is 1. The molecule has 65 heavy (non-hydrogen) atoms. The second kappa shape index (κ2) is 16.8. The Morgan fingerprint density at radius 3 is 2.45 bits per heavy atom. The maximum Gasteiger partial charge on any atom is 0.330 e. The normalized spacial score (nSPS) is 39.9. The molecule has 12 atom stereocenters. The minimum atomic E-state index is -0.863. The number of aliphatic hydroxyl groups excluding tert-OH is 1. The van der Waals surface area contributed by atoms with Crippen LogP contribution in [0.15, 0.2) is 39.7 Å². The Balaban J connectivity index is 0.748. The average molecular weight is 904 g/mol. The molecule has 0 spiro atoms. The van der Waals surface area contributed by atoms with Gasteiger partial charge in [0, 0.05) is 18.8 Å². The summed E-state index contributed by atoms with van der Waals surface area (Å²) in [5.41, 5.74) is 1.31. The highest BCUT2D eigenvalue weighted by atomic mass is 16.8. The molecule has 0 radical (unpaired) electrons. The van der Waals surface area contributed by atoms with Crippen LogP contribution in [-0.4, -0.2) is 79.0 Å². The number of esters is 1. The Morgan fingerprint density at radius 2 is 1.66 bits per heavy atom. The van der Waals surface area contributed by atoms with E-state index in [1.165, 1.54) is 29.7 Å². The van der Waals surface area contributed by atoms with Gasteiger partial charge in [-0.3, -0.25) is 23.8 Å². The number of aromatic amines is 1. The summed E-state index contributed by atoms with van der Waals surface area (Å²) in [5.74, 6) is 0.507. The van der Waals surface area contributed by atoms with Crippen LogP contribution in [-0.2, 0) is 41.6 Å². The lowest BCUT2D eigenvalue weighted by Gasteiger charge is -2.71. The van der Waals surface area contributed by atoms with E-state index in [1.807, 2.05) is 24.7 Å². The minimum absolute atomic E-state index is 0.0422. The highest BCUT2D eigenvalue weighted by Gasteiger charge is 2.69. The van der Waals surface area contributed by atoms with E-state index < -0.39 is 47.0 Å². The summed E-state index contributed by atoms with van der Waals surface area (Å²) in [6, 6.07) is 1.28. The van der Waals surface area contributed by atoms with Gasteiger partial charge in [-0.2, -0.15) is 0 Å². The predicted octanol–water partition coefficient (Wildman–Crippen LogP) is 8.03. The van der Waals surface area contributed by atoms with E-state index in [-0.39, 0.29) is 58.3 Å². The maximum absolute atomic E-state index is 14.5. The molecule has 14 nitrogen and oxygen atoms in total. The Bertz CT molecular complexity index is 2250. The maximum atomic E-state index is 14.5. The third-order valence-corrected chi connectivity index (χ3v) is 18.9. The monoisotopic (exact) mass is 904 g/mol. The molecular formula is C51H77N5O9. The molecule has 2 N–H and O–H groups in total. The fourth-order valence-electron chi connectivity index (χ4n) is 15.1. The topological polar surface area (TPSA) is 169 Å². The van der Waals surface area contributed by atoms with Crippen molar-refractivity contribution in [2.45, 2.75) is 202 Å². The van der Waals surface area contributed by atoms with Gasteiger partial charge in [0.05, 0.1) is 37.5 Å². The van der Waals surface area contributed by atoms with E-state index >= 15 is 0 Å². The molecule has 2 saturated heterocycles. The molecule has 2 aromatic heterocycles. The number of carbonyl (C=O) groups is 1. The van der Waals surface area contributed by atoms with Crippen LogP contribution >= 0.6 is 0 Å². The van der Waals surface area contributed by atoms with E-state index in [0.717, 1.165) is 83.6 Å². The van der Waals surface area contributed by atoms with E-state index in [9.17, 15) is 19.5 Å². The molecule has 2 aromatic rings. The van der Waals surface area contributed by atoms with Crippen LogP contribution in [0.1, 0.15) is 164 Å². The molecule has 0 bridgehead atoms. The summed E-state index contributed by atoms with van der Waals surface area (Å²) in [6.45, 7) is 22.4. The van der Waals surface area contributed by atoms with E-state index in [1.54, 1.807) is 5.57 Å². The molecular weight excluding hydrogens is 827 g/mol. The van der Waals surface area contributed by atoms with Crippen LogP contribution in [0.4, 0.5) is 0 Å². The van der Waals surface area contributed by atoms with E-state index in [2.05, 4.69) is 69.8 Å². The van der Waals surface area contributed by atoms with Gasteiger partial charge >= 0.3 is 11.7 Å². The van der Waals surface area contributed by atoms with Crippen LogP contribution in [0, 0.1) is 50.2 Å². The van der Waals surface area contributed by atoms with Crippen molar-refractivity contribution in [3.63, 3.8) is 0 Å². The minimum Gasteiger partial charge on any atom is -0.465 e. The van der Waals surface area contributed by atoms with Crippen LogP contribution in [0.3, 0.4) is 0 Å². The van der Waals surface area contributed by atoms with Crippen LogP contribution in [0.25, 0.3) is 0 Å². The van der Waals surface area contributed by atoms with E-state index in [4.69, 9.17) is 23.7 Å². The number of nitrogens with zero attached hydrogens (tertiary/aromatic N) is 4. The first-order chi connectivity index (χ1) is 30.6. The number of allylic oxidation sites excluding steroid dienone is 2. The summed E-state index contributed by atoms with van der Waals surface area (Å²) in [6.07, 6.45) is 17.6. The first-order valence-corrected chi connectivity index (χ1v) is 25.0. The van der Waals surface area contributed by atoms with Crippen LogP contribution in [0.5, 0.6) is 0 Å². The summed E-state index contributed by atoms with van der Waals surface area (Å²) in [4.78, 5) is 41.0. The average Bonchev–Trinajstić information content (AvgIpc) is 3.92. The van der Waals surface area contributed by atoms with Crippen molar-refractivity contribution in [3.8, 4) is 0 Å². The number of unbranched alkanes of at least 4 members (excludes halogenated alkanes) is 3. The molecule has 2 aliphatic heterocycles. The number of aliphatic hydroxyl groups is 1. The molecule has 7 aliphatic rings. The highest BCUT2D eigenvalue weighted by molar-refractivity contribution is 5.78. The SMILES string of the molecule is CC1(C)CC[C@]2(C(=O)OCCCCCCn3cc(COC[C@H]4O[C@@H](n5ccc(=O)[nH]c5=O)C5OC(C)(C)OC54)nn3)CC[C@]3(C)C(=CCC4[C@@]5(C)CC[C@H](O)C(C)(C)C5CC[C@]43C)[C@@H]2C1. The second-order valence-corrected chi connectivity index (χ2v) is 23.9. The number of aryl methyl sites for hydroxylation is 1. The molecule has 0 amide bonds. The van der Waals surface area contributed by atoms with Crippen molar-refractivity contribution in [1.29, 1.82) is 0 Å². The Labute approximate surface area is 384 Å². The lowest BCUT2D eigenvalue weighted by atomic mass is 9.33. The van der Waals surface area contributed by atoms with Crippen molar-refractivity contribution in [2.24, 2.45) is 50.2 Å². The number of aromatic nitrogens is 5. The van der Waals surface area contributed by atoms with Gasteiger partial charge in [0.2, 0.25) is 0 Å². The quantitative estimate of drug-likeness (QED) is 0.113. The van der Waals surface area contributed by atoms with Gasteiger partial charge in [-0.15, -0.1) is 5.10 Å². The fraction of sp³-hybridized carbons (Fsp3) is 0.824. The highest BCUT2D eigenvalue weighted by Crippen LogP contribution is 2.76. The van der Waals surface area contributed by atoms with E-state index in [0.29, 0.717) is 24.1 Å². The molecule has 5 aliphatic carbocycles. The first kappa shape index (κ1) is 46.9. The summed E-state index contributed by atoms with van der Waals surface area (Å²) in [5, 5.41) is 19.8. The molecule has 360 valence electrons. The third-order valence-electron chi connectivity index (χ3n) is 18.9. The number of H-pyrrole nitrogens is 1. The van der Waals surface area contributed by atoms with Gasteiger partial charge in [0.25, 0.3) is 5.56 Å².